The fourth-order valence-electron chi connectivity index (χ4n) is 3.32. The molecule has 180 valence electrons. The predicted molar refractivity (Wildman–Crippen MR) is 135 cm³/mol. The fourth-order valence-corrected chi connectivity index (χ4v) is 4.58. The quantitative estimate of drug-likeness (QED) is 0.271. The molecular formula is C24H23N5O4S2. The molecule has 35 heavy (non-hydrogen) atoms. The van der Waals surface area contributed by atoms with Gasteiger partial charge in [0.25, 0.3) is 5.91 Å². The Labute approximate surface area is 210 Å². The first kappa shape index (κ1) is 24.4. The van der Waals surface area contributed by atoms with Gasteiger partial charge in [-0.1, -0.05) is 23.9 Å². The molecule has 1 N–H and O–H groups in total. The Kier molecular flexibility index (Phi) is 7.47. The van der Waals surface area contributed by atoms with Crippen LogP contribution in [0.3, 0.4) is 0 Å². The van der Waals surface area contributed by atoms with Crippen LogP contribution in [0.25, 0.3) is 16.9 Å². The number of nitrogens with zero attached hydrogens (tertiary/aromatic N) is 4. The molecule has 1 atom stereocenters. The van der Waals surface area contributed by atoms with Gasteiger partial charge in [0.15, 0.2) is 16.4 Å². The number of nitrogens with one attached hydrogen (secondary N) is 1. The minimum atomic E-state index is -1.01. The fraction of sp³-hybridized carbons (Fsp3) is 0.208. The minimum Gasteiger partial charge on any atom is -0.496 e. The molecule has 0 fully saturated rings. The van der Waals surface area contributed by atoms with Crippen molar-refractivity contribution in [3.63, 3.8) is 0 Å². The molecule has 0 spiro atoms. The third-order valence-corrected chi connectivity index (χ3v) is 6.50. The predicted octanol–water partition coefficient (Wildman–Crippen LogP) is 4.61. The van der Waals surface area contributed by atoms with Crippen molar-refractivity contribution < 1.29 is 19.1 Å². The van der Waals surface area contributed by atoms with E-state index in [1.807, 2.05) is 47.4 Å². The molecule has 0 bridgehead atoms. The number of anilines is 1. The van der Waals surface area contributed by atoms with E-state index >= 15 is 0 Å². The van der Waals surface area contributed by atoms with E-state index in [1.54, 1.807) is 31.4 Å². The molecule has 0 aliphatic rings. The van der Waals surface area contributed by atoms with E-state index in [2.05, 4.69) is 20.5 Å². The van der Waals surface area contributed by atoms with Gasteiger partial charge in [0.05, 0.1) is 18.4 Å². The molecule has 0 aliphatic carbocycles. The summed E-state index contributed by atoms with van der Waals surface area (Å²) in [6.07, 6.45) is 0.910. The minimum absolute atomic E-state index is 0.331. The number of aromatic nitrogens is 4. The number of benzene rings is 2. The lowest BCUT2D eigenvalue weighted by Crippen LogP contribution is -2.30. The number of thiazole rings is 1. The average molecular weight is 510 g/mol. The Morgan fingerprint density at radius 3 is 2.57 bits per heavy atom. The van der Waals surface area contributed by atoms with Crippen LogP contribution in [-0.4, -0.2) is 51.1 Å². The van der Waals surface area contributed by atoms with Crippen LogP contribution in [0.2, 0.25) is 0 Å². The molecule has 0 saturated carbocycles. The molecule has 4 rings (SSSR count). The van der Waals surface area contributed by atoms with Crippen LogP contribution in [0.5, 0.6) is 5.75 Å². The Balaban J connectivity index is 1.39. The lowest BCUT2D eigenvalue weighted by atomic mass is 10.1. The van der Waals surface area contributed by atoms with Crippen molar-refractivity contribution in [1.29, 1.82) is 0 Å². The van der Waals surface area contributed by atoms with Gasteiger partial charge in [-0.05, 0) is 56.5 Å². The number of amides is 1. The van der Waals surface area contributed by atoms with E-state index in [0.717, 1.165) is 22.2 Å². The van der Waals surface area contributed by atoms with Crippen molar-refractivity contribution in [1.82, 2.24) is 19.7 Å². The summed E-state index contributed by atoms with van der Waals surface area (Å²) in [5.74, 6) is 0.360. The zero-order valence-electron chi connectivity index (χ0n) is 19.5. The molecular weight excluding hydrogens is 486 g/mol. The number of esters is 1. The highest BCUT2D eigenvalue weighted by Crippen LogP contribution is 2.32. The lowest BCUT2D eigenvalue weighted by molar-refractivity contribution is -0.123. The first-order valence-corrected chi connectivity index (χ1v) is 12.7. The molecule has 0 radical (unpaired) electrons. The second-order valence-corrected chi connectivity index (χ2v) is 9.02. The van der Waals surface area contributed by atoms with Crippen molar-refractivity contribution in [3.05, 3.63) is 65.3 Å². The number of para-hydroxylation sites is 1. The number of aryl methyl sites for hydroxylation is 1. The topological polar surface area (TPSA) is 108 Å². The van der Waals surface area contributed by atoms with Gasteiger partial charge in [0.1, 0.15) is 11.6 Å². The van der Waals surface area contributed by atoms with Gasteiger partial charge in [0.2, 0.25) is 0 Å². The third kappa shape index (κ3) is 5.36. The van der Waals surface area contributed by atoms with E-state index in [0.29, 0.717) is 22.1 Å². The second kappa shape index (κ2) is 10.7. The maximum absolute atomic E-state index is 12.6. The number of ether oxygens (including phenoxy) is 2. The van der Waals surface area contributed by atoms with Gasteiger partial charge in [-0.25, -0.2) is 9.78 Å². The largest absolute Gasteiger partial charge is 0.496 e. The summed E-state index contributed by atoms with van der Waals surface area (Å²) in [7, 11) is 1.59. The monoisotopic (exact) mass is 509 g/mol. The number of carbonyl (C=O) groups is 2. The van der Waals surface area contributed by atoms with Gasteiger partial charge in [0, 0.05) is 16.6 Å². The number of thioether (sulfide) groups is 1. The van der Waals surface area contributed by atoms with E-state index in [-0.39, 0.29) is 0 Å². The zero-order valence-corrected chi connectivity index (χ0v) is 21.1. The summed E-state index contributed by atoms with van der Waals surface area (Å²) in [5, 5.41) is 13.9. The van der Waals surface area contributed by atoms with Crippen molar-refractivity contribution in [2.75, 3.05) is 18.7 Å². The second-order valence-electron chi connectivity index (χ2n) is 7.39. The molecule has 9 nitrogen and oxygen atoms in total. The highest BCUT2D eigenvalue weighted by atomic mass is 32.2. The Bertz CT molecular complexity index is 1350. The van der Waals surface area contributed by atoms with Gasteiger partial charge in [-0.3, -0.25) is 14.7 Å². The number of hydrogen-bond acceptors (Lipinski definition) is 9. The molecule has 1 unspecified atom stereocenters. The summed E-state index contributed by atoms with van der Waals surface area (Å²) >= 11 is 2.75. The van der Waals surface area contributed by atoms with Crippen molar-refractivity contribution in [3.8, 4) is 22.7 Å². The summed E-state index contributed by atoms with van der Waals surface area (Å²) in [4.78, 5) is 29.7. The van der Waals surface area contributed by atoms with Crippen LogP contribution in [0.15, 0.2) is 59.1 Å². The number of methoxy groups -OCH3 is 1. The van der Waals surface area contributed by atoms with Crippen LogP contribution in [-0.2, 0) is 9.53 Å². The molecule has 2 heterocycles. The molecule has 4 aromatic rings. The lowest BCUT2D eigenvalue weighted by Gasteiger charge is -2.13. The van der Waals surface area contributed by atoms with Gasteiger partial charge >= 0.3 is 5.97 Å². The average Bonchev–Trinajstić information content (AvgIpc) is 3.50. The first-order chi connectivity index (χ1) is 16.9. The highest BCUT2D eigenvalue weighted by Gasteiger charge is 2.21. The van der Waals surface area contributed by atoms with Crippen LogP contribution in [0.4, 0.5) is 5.13 Å². The van der Waals surface area contributed by atoms with E-state index in [1.165, 1.54) is 30.0 Å². The highest BCUT2D eigenvalue weighted by molar-refractivity contribution is 7.98. The zero-order chi connectivity index (χ0) is 24.9. The summed E-state index contributed by atoms with van der Waals surface area (Å²) in [6.45, 7) is 3.37. The maximum Gasteiger partial charge on any atom is 0.338 e. The molecule has 2 aromatic heterocycles. The Morgan fingerprint density at radius 2 is 1.86 bits per heavy atom. The summed E-state index contributed by atoms with van der Waals surface area (Å²) in [6, 6.07) is 14.4. The van der Waals surface area contributed by atoms with Crippen molar-refractivity contribution in [2.45, 2.75) is 25.1 Å². The number of hydrogen-bond donors (Lipinski definition) is 1. The van der Waals surface area contributed by atoms with Crippen LogP contribution in [0.1, 0.15) is 23.1 Å². The molecule has 11 heteroatoms. The van der Waals surface area contributed by atoms with Crippen LogP contribution >= 0.6 is 23.1 Å². The Hall–Kier alpha value is -3.70. The van der Waals surface area contributed by atoms with Crippen molar-refractivity contribution in [2.24, 2.45) is 0 Å². The van der Waals surface area contributed by atoms with Crippen LogP contribution in [0, 0.1) is 6.92 Å². The van der Waals surface area contributed by atoms with E-state index in [4.69, 9.17) is 9.47 Å². The smallest absolute Gasteiger partial charge is 0.338 e. The van der Waals surface area contributed by atoms with E-state index in [9.17, 15) is 9.59 Å². The molecule has 0 aliphatic heterocycles. The standard InChI is InChI=1S/C24H23N5O4S2/c1-14(21(30)26-23-25-19(13-35-23)18-7-5-6-8-20(18)32-3)33-22(31)16-9-11-17(12-10-16)29-15(2)27-28-24(29)34-4/h5-14H,1-4H3,(H,25,26,30). The summed E-state index contributed by atoms with van der Waals surface area (Å²) in [5.41, 5.74) is 2.66. The van der Waals surface area contributed by atoms with Crippen molar-refractivity contribution >= 4 is 40.1 Å². The molecule has 0 saturated heterocycles. The molecule has 1 amide bonds. The number of carbonyl (C=O) groups excluding carboxylic acids is 2. The van der Waals surface area contributed by atoms with Crippen LogP contribution < -0.4 is 10.1 Å². The maximum atomic E-state index is 12.6. The van der Waals surface area contributed by atoms with Gasteiger partial charge in [-0.2, -0.15) is 0 Å². The Morgan fingerprint density at radius 1 is 1.11 bits per heavy atom. The normalized spacial score (nSPS) is 11.7. The summed E-state index contributed by atoms with van der Waals surface area (Å²) < 4.78 is 12.6. The number of rotatable bonds is 8. The van der Waals surface area contributed by atoms with Gasteiger partial charge in [-0.15, -0.1) is 21.5 Å². The third-order valence-electron chi connectivity index (χ3n) is 5.11. The van der Waals surface area contributed by atoms with Gasteiger partial charge < -0.3 is 9.47 Å². The molecule has 2 aromatic carbocycles. The SMILES string of the molecule is COc1ccccc1-c1csc(NC(=O)C(C)OC(=O)c2ccc(-n3c(C)nnc3SC)cc2)n1. The first-order valence-electron chi connectivity index (χ1n) is 10.6. The van der Waals surface area contributed by atoms with E-state index < -0.39 is 18.0 Å².